The Balaban J connectivity index is 1.36. The Morgan fingerprint density at radius 1 is 1.00 bits per heavy atom. The molecule has 0 aliphatic rings. The van der Waals surface area contributed by atoms with Gasteiger partial charge < -0.3 is 14.5 Å². The lowest BCUT2D eigenvalue weighted by Gasteiger charge is -2.12. The van der Waals surface area contributed by atoms with Gasteiger partial charge in [-0.05, 0) is 48.9 Å². The van der Waals surface area contributed by atoms with Gasteiger partial charge in [-0.1, -0.05) is 36.4 Å². The lowest BCUT2D eigenvalue weighted by molar-refractivity contribution is 0.301. The van der Waals surface area contributed by atoms with Gasteiger partial charge in [0.15, 0.2) is 0 Å². The van der Waals surface area contributed by atoms with E-state index < -0.39 is 0 Å². The monoisotopic (exact) mass is 358 g/mol. The predicted octanol–water partition coefficient (Wildman–Crippen LogP) is 5.26. The van der Waals surface area contributed by atoms with Gasteiger partial charge in [0.1, 0.15) is 23.7 Å². The highest BCUT2D eigenvalue weighted by atomic mass is 16.5. The average molecular weight is 358 g/mol. The minimum Gasteiger partial charge on any atom is -0.487 e. The summed E-state index contributed by atoms with van der Waals surface area (Å²) in [6, 6.07) is 24.2. The zero-order valence-corrected chi connectivity index (χ0v) is 15.3. The molecule has 2 aromatic heterocycles. The minimum absolute atomic E-state index is 0.121. The van der Waals surface area contributed by atoms with Gasteiger partial charge in [-0.15, -0.1) is 0 Å². The van der Waals surface area contributed by atoms with Gasteiger partial charge in [0, 0.05) is 18.1 Å². The van der Waals surface area contributed by atoms with Crippen molar-refractivity contribution in [3.05, 3.63) is 96.0 Å². The van der Waals surface area contributed by atoms with E-state index in [9.17, 15) is 0 Å². The van der Waals surface area contributed by atoms with Crippen molar-refractivity contribution in [1.82, 2.24) is 10.3 Å². The van der Waals surface area contributed by atoms with E-state index in [0.717, 1.165) is 40.3 Å². The van der Waals surface area contributed by atoms with Crippen molar-refractivity contribution < 1.29 is 9.15 Å². The van der Waals surface area contributed by atoms with Crippen LogP contribution in [0.2, 0.25) is 0 Å². The molecule has 2 heterocycles. The molecule has 0 unspecified atom stereocenters. The van der Waals surface area contributed by atoms with E-state index in [4.69, 9.17) is 9.15 Å². The normalized spacial score (nSPS) is 12.2. The highest BCUT2D eigenvalue weighted by molar-refractivity contribution is 5.77. The maximum Gasteiger partial charge on any atom is 0.134 e. The highest BCUT2D eigenvalue weighted by Gasteiger charge is 2.11. The summed E-state index contributed by atoms with van der Waals surface area (Å²) in [6.45, 7) is 3.31. The number of para-hydroxylation sites is 1. The Labute approximate surface area is 158 Å². The third-order valence-corrected chi connectivity index (χ3v) is 4.50. The van der Waals surface area contributed by atoms with Crippen molar-refractivity contribution in [2.45, 2.75) is 26.1 Å². The van der Waals surface area contributed by atoms with Gasteiger partial charge in [-0.3, -0.25) is 4.98 Å². The lowest BCUT2D eigenvalue weighted by atomic mass is 10.2. The fourth-order valence-corrected chi connectivity index (χ4v) is 2.97. The van der Waals surface area contributed by atoms with E-state index >= 15 is 0 Å². The topological polar surface area (TPSA) is 47.3 Å². The van der Waals surface area contributed by atoms with Crippen LogP contribution in [0.3, 0.4) is 0 Å². The van der Waals surface area contributed by atoms with Crippen LogP contribution in [0, 0.1) is 0 Å². The number of fused-ring (bicyclic) bond motifs is 1. The molecule has 136 valence electrons. The first kappa shape index (κ1) is 17.3. The molecule has 4 nitrogen and oxygen atoms in total. The second-order valence-corrected chi connectivity index (χ2v) is 6.55. The summed E-state index contributed by atoms with van der Waals surface area (Å²) in [5, 5.41) is 4.65. The number of ether oxygens (including phenoxy) is 1. The Morgan fingerprint density at radius 3 is 2.74 bits per heavy atom. The molecule has 0 amide bonds. The molecule has 0 fully saturated rings. The number of aromatic nitrogens is 1. The van der Waals surface area contributed by atoms with Gasteiger partial charge in [0.2, 0.25) is 0 Å². The van der Waals surface area contributed by atoms with E-state index in [2.05, 4.69) is 41.5 Å². The molecule has 0 bridgehead atoms. The van der Waals surface area contributed by atoms with Crippen LogP contribution in [-0.2, 0) is 13.2 Å². The lowest BCUT2D eigenvalue weighted by Crippen LogP contribution is -2.17. The zero-order valence-electron chi connectivity index (χ0n) is 15.3. The third kappa shape index (κ3) is 4.36. The molecule has 0 aliphatic heterocycles. The van der Waals surface area contributed by atoms with E-state index in [1.807, 2.05) is 48.5 Å². The van der Waals surface area contributed by atoms with Crippen LogP contribution in [0.15, 0.2) is 83.4 Å². The standard InChI is InChI=1S/C23H22N2O2/c1-17(23-14-19-8-2-3-11-22(19)27-23)25-15-18-7-6-10-21(13-18)26-16-20-9-4-5-12-24-20/h2-14,17,25H,15-16H2,1H3/t17-/m0/s1. The van der Waals surface area contributed by atoms with Crippen molar-refractivity contribution >= 4 is 11.0 Å². The van der Waals surface area contributed by atoms with Crippen molar-refractivity contribution in [2.75, 3.05) is 0 Å². The van der Waals surface area contributed by atoms with Gasteiger partial charge >= 0.3 is 0 Å². The number of pyridine rings is 1. The summed E-state index contributed by atoms with van der Waals surface area (Å²) >= 11 is 0. The number of benzene rings is 2. The number of furan rings is 1. The number of hydrogen-bond acceptors (Lipinski definition) is 4. The van der Waals surface area contributed by atoms with Crippen LogP contribution >= 0.6 is 0 Å². The SMILES string of the molecule is C[C@H](NCc1cccc(OCc2ccccn2)c1)c1cc2ccccc2o1. The molecule has 1 N–H and O–H groups in total. The number of nitrogens with one attached hydrogen (secondary N) is 1. The summed E-state index contributed by atoms with van der Waals surface area (Å²) in [4.78, 5) is 4.28. The first-order valence-electron chi connectivity index (χ1n) is 9.11. The summed E-state index contributed by atoms with van der Waals surface area (Å²) < 4.78 is 11.8. The van der Waals surface area contributed by atoms with Gasteiger partial charge in [-0.2, -0.15) is 0 Å². The summed E-state index contributed by atoms with van der Waals surface area (Å²) in [6.07, 6.45) is 1.78. The van der Waals surface area contributed by atoms with E-state index in [0.29, 0.717) is 6.61 Å². The summed E-state index contributed by atoms with van der Waals surface area (Å²) in [7, 11) is 0. The average Bonchev–Trinajstić information content (AvgIpc) is 3.16. The van der Waals surface area contributed by atoms with E-state index in [1.165, 1.54) is 0 Å². The molecular formula is C23H22N2O2. The van der Waals surface area contributed by atoms with Crippen molar-refractivity contribution in [3.8, 4) is 5.75 Å². The summed E-state index contributed by atoms with van der Waals surface area (Å²) in [5.74, 6) is 1.79. The zero-order chi connectivity index (χ0) is 18.5. The number of nitrogens with zero attached hydrogens (tertiary/aromatic N) is 1. The van der Waals surface area contributed by atoms with Crippen molar-refractivity contribution in [2.24, 2.45) is 0 Å². The Morgan fingerprint density at radius 2 is 1.89 bits per heavy atom. The smallest absolute Gasteiger partial charge is 0.134 e. The number of rotatable bonds is 7. The first-order chi connectivity index (χ1) is 13.3. The molecule has 4 heteroatoms. The summed E-state index contributed by atoms with van der Waals surface area (Å²) in [5.41, 5.74) is 3.00. The fraction of sp³-hybridized carbons (Fsp3) is 0.174. The second kappa shape index (κ2) is 8.06. The van der Waals surface area contributed by atoms with Crippen molar-refractivity contribution in [3.63, 3.8) is 0 Å². The minimum atomic E-state index is 0.121. The van der Waals surface area contributed by atoms with Crippen LogP contribution in [0.5, 0.6) is 5.75 Å². The van der Waals surface area contributed by atoms with Gasteiger partial charge in [-0.25, -0.2) is 0 Å². The number of hydrogen-bond donors (Lipinski definition) is 1. The molecule has 0 aliphatic carbocycles. The van der Waals surface area contributed by atoms with Crippen LogP contribution < -0.4 is 10.1 Å². The molecular weight excluding hydrogens is 336 g/mol. The van der Waals surface area contributed by atoms with Crippen LogP contribution in [0.25, 0.3) is 11.0 Å². The largest absolute Gasteiger partial charge is 0.487 e. The molecule has 4 rings (SSSR count). The second-order valence-electron chi connectivity index (χ2n) is 6.55. The molecule has 27 heavy (non-hydrogen) atoms. The van der Waals surface area contributed by atoms with Crippen LogP contribution in [0.4, 0.5) is 0 Å². The Hall–Kier alpha value is -3.11. The van der Waals surface area contributed by atoms with Crippen LogP contribution in [-0.4, -0.2) is 4.98 Å². The van der Waals surface area contributed by atoms with Gasteiger partial charge in [0.25, 0.3) is 0 Å². The molecule has 0 radical (unpaired) electrons. The van der Waals surface area contributed by atoms with Gasteiger partial charge in [0.05, 0.1) is 11.7 Å². The molecule has 0 saturated heterocycles. The van der Waals surface area contributed by atoms with Crippen LogP contribution in [0.1, 0.15) is 30.0 Å². The maximum atomic E-state index is 5.94. The molecule has 2 aromatic carbocycles. The molecule has 0 saturated carbocycles. The van der Waals surface area contributed by atoms with E-state index in [1.54, 1.807) is 6.20 Å². The molecule has 4 aromatic rings. The molecule has 0 spiro atoms. The molecule has 1 atom stereocenters. The van der Waals surface area contributed by atoms with E-state index in [-0.39, 0.29) is 6.04 Å². The Kier molecular flexibility index (Phi) is 5.17. The predicted molar refractivity (Wildman–Crippen MR) is 106 cm³/mol. The third-order valence-electron chi connectivity index (χ3n) is 4.50. The Bertz CT molecular complexity index is 978. The first-order valence-corrected chi connectivity index (χ1v) is 9.11. The fourth-order valence-electron chi connectivity index (χ4n) is 2.97. The highest BCUT2D eigenvalue weighted by Crippen LogP contribution is 2.24. The van der Waals surface area contributed by atoms with Crippen molar-refractivity contribution in [1.29, 1.82) is 0 Å². The maximum absolute atomic E-state index is 5.94. The quantitative estimate of drug-likeness (QED) is 0.490.